The second-order valence-corrected chi connectivity index (χ2v) is 7.05. The fraction of sp³-hybridized carbons (Fsp3) is 0.136. The van der Waals surface area contributed by atoms with Crippen LogP contribution in [0.2, 0.25) is 0 Å². The maximum atomic E-state index is 15.1. The van der Waals surface area contributed by atoms with Crippen LogP contribution in [0.3, 0.4) is 0 Å². The highest BCUT2D eigenvalue weighted by Gasteiger charge is 2.37. The number of methoxy groups -OCH3 is 1. The molecule has 0 aliphatic carbocycles. The Morgan fingerprint density at radius 3 is 2.32 bits per heavy atom. The number of nitrogens with zero attached hydrogens (tertiary/aromatic N) is 2. The molecule has 0 radical (unpaired) electrons. The van der Waals surface area contributed by atoms with Gasteiger partial charge < -0.3 is 25.2 Å². The van der Waals surface area contributed by atoms with Crippen LogP contribution in [-0.4, -0.2) is 35.2 Å². The van der Waals surface area contributed by atoms with E-state index in [1.54, 1.807) is 0 Å². The molecule has 38 heavy (non-hydrogen) atoms. The molecule has 1 heterocycles. The second-order valence-electron chi connectivity index (χ2n) is 7.05. The third kappa shape index (κ3) is 6.32. The first-order valence-electron chi connectivity index (χ1n) is 11.2. The molecule has 1 aromatic heterocycles. The van der Waals surface area contributed by atoms with E-state index in [9.17, 15) is 41.1 Å². The molecule has 0 bridgehead atoms. The number of carbonyl (C=O) groups is 2. The maximum Gasteiger partial charge on any atom is 0.573 e. The molecule has 16 heteroatoms. The summed E-state index contributed by atoms with van der Waals surface area (Å²) in [6.45, 7) is 0. The second kappa shape index (κ2) is 10.3. The first kappa shape index (κ1) is 23.6. The lowest BCUT2D eigenvalue weighted by molar-refractivity contribution is -0.274. The molecule has 0 unspecified atom stereocenters. The summed E-state index contributed by atoms with van der Waals surface area (Å²) in [6, 6.07) is 3.97. The number of halogens is 7. The van der Waals surface area contributed by atoms with Crippen molar-refractivity contribution in [1.29, 1.82) is 0 Å². The molecule has 0 spiro atoms. The average molecular weight is 552 g/mol. The van der Waals surface area contributed by atoms with Crippen LogP contribution in [0.4, 0.5) is 30.7 Å². The van der Waals surface area contributed by atoms with Crippen molar-refractivity contribution in [1.82, 2.24) is 4.73 Å². The van der Waals surface area contributed by atoms with Crippen LogP contribution in [0, 0.1) is 5.82 Å². The molecule has 0 fully saturated rings. The van der Waals surface area contributed by atoms with E-state index in [-0.39, 0.29) is 10.8 Å². The number of carbonyl (C=O) groups excluding carboxylic acids is 2. The highest BCUT2D eigenvalue weighted by molar-refractivity contribution is 5.98. The van der Waals surface area contributed by atoms with Gasteiger partial charge in [0.1, 0.15) is 22.8 Å². The van der Waals surface area contributed by atoms with Crippen molar-refractivity contribution in [2.24, 2.45) is 10.7 Å². The van der Waals surface area contributed by atoms with Crippen molar-refractivity contribution in [3.63, 3.8) is 0 Å². The van der Waals surface area contributed by atoms with Gasteiger partial charge >= 0.3 is 12.5 Å². The molecule has 9 nitrogen and oxygen atoms in total. The predicted octanol–water partition coefficient (Wildman–Crippen LogP) is 4.42. The number of nitrogens with two attached hydrogens (primary N) is 1. The van der Waals surface area contributed by atoms with E-state index in [0.717, 1.165) is 18.3 Å². The lowest BCUT2D eigenvalue weighted by atomic mass is 10.1. The van der Waals surface area contributed by atoms with Crippen molar-refractivity contribution in [3.8, 4) is 23.0 Å². The Labute approximate surface area is 211 Å². The number of amides is 2. The fourth-order valence-corrected chi connectivity index (χ4v) is 2.94. The highest BCUT2D eigenvalue weighted by atomic mass is 19.4. The molecule has 3 rings (SSSR count). The molecule has 0 aliphatic rings. The molecular weight excluding hydrogens is 535 g/mol. The van der Waals surface area contributed by atoms with Crippen molar-refractivity contribution in [2.45, 2.75) is 12.5 Å². The van der Waals surface area contributed by atoms with Gasteiger partial charge in [-0.2, -0.15) is 17.9 Å². The molecule has 2 amide bonds. The Morgan fingerprint density at radius 2 is 1.71 bits per heavy atom. The Kier molecular flexibility index (Phi) is 6.41. The Balaban J connectivity index is 2.19. The topological polar surface area (TPSA) is 125 Å². The number of ether oxygens (including phenoxy) is 3. The van der Waals surface area contributed by atoms with Gasteiger partial charge in [0, 0.05) is 12.3 Å². The van der Waals surface area contributed by atoms with E-state index >= 15 is 4.39 Å². The lowest BCUT2D eigenvalue weighted by Gasteiger charge is -2.16. The molecule has 3 N–H and O–H groups in total. The number of aromatic nitrogens is 1. The monoisotopic (exact) mass is 552 g/mol. The molecule has 0 saturated heterocycles. The summed E-state index contributed by atoms with van der Waals surface area (Å²) in [5.74, 6) is -8.81. The third-order valence-electron chi connectivity index (χ3n) is 4.50. The van der Waals surface area contributed by atoms with Gasteiger partial charge in [0.2, 0.25) is 0 Å². The minimum Gasteiger partial charge on any atom is -0.493 e. The minimum absolute atomic E-state index is 0.176. The molecule has 0 saturated carbocycles. The smallest absolute Gasteiger partial charge is 0.493 e. The van der Waals surface area contributed by atoms with E-state index in [2.05, 4.69) is 14.5 Å². The van der Waals surface area contributed by atoms with Gasteiger partial charge in [-0.05, 0) is 36.4 Å². The highest BCUT2D eigenvalue weighted by Crippen LogP contribution is 2.40. The zero-order chi connectivity index (χ0) is 30.9. The van der Waals surface area contributed by atoms with Crippen LogP contribution in [0.25, 0.3) is 0 Å². The van der Waals surface area contributed by atoms with E-state index in [4.69, 9.17) is 14.6 Å². The number of hydrogen-bond acceptors (Lipinski definition) is 6. The Hall–Kier alpha value is -4.76. The van der Waals surface area contributed by atoms with Gasteiger partial charge in [-0.1, -0.05) is 0 Å². The summed E-state index contributed by atoms with van der Waals surface area (Å²) in [6.07, 6.45) is -9.74. The standard InChI is InChI=1S/C22H14F7N3O6/c1-36-16-9-11(38-22(27,28)29)2-4-14(16)37-15-5-3-12(21(24,25)26)18(23)17(15)20(34)31-10-6-7-32(35)13(8-10)19(30)33/h2-9,35H,1H3,(H2,30,33)/i1D3. The van der Waals surface area contributed by atoms with Crippen molar-refractivity contribution >= 4 is 11.8 Å². The van der Waals surface area contributed by atoms with Crippen molar-refractivity contribution < 1.29 is 63.9 Å². The summed E-state index contributed by atoms with van der Waals surface area (Å²) in [5, 5.41) is 9.11. The fourth-order valence-electron chi connectivity index (χ4n) is 2.94. The van der Waals surface area contributed by atoms with Gasteiger partial charge in [0.25, 0.3) is 11.8 Å². The van der Waals surface area contributed by atoms with E-state index in [1.165, 1.54) is 0 Å². The van der Waals surface area contributed by atoms with E-state index < -0.39 is 82.4 Å². The van der Waals surface area contributed by atoms with Crippen LogP contribution >= 0.6 is 0 Å². The molecule has 3 aromatic rings. The van der Waals surface area contributed by atoms with Gasteiger partial charge in [-0.25, -0.2) is 9.38 Å². The summed E-state index contributed by atoms with van der Waals surface area (Å²) in [4.78, 5) is 27.7. The van der Waals surface area contributed by atoms with Gasteiger partial charge in [0.05, 0.1) is 22.1 Å². The molecule has 2 aromatic carbocycles. The SMILES string of the molecule is [2H]C([2H])([2H])Oc1cc(OC(F)(F)F)ccc1Oc1ccc(C(F)(F)F)c(F)c1C(=O)N=c1ccn(O)c(C(N)=O)c1. The maximum absolute atomic E-state index is 15.1. The molecule has 0 atom stereocenters. The lowest BCUT2D eigenvalue weighted by Crippen LogP contribution is -2.22. The molecular formula is C22H14F7N3O6. The van der Waals surface area contributed by atoms with Crippen molar-refractivity contribution in [2.75, 3.05) is 7.04 Å². The summed E-state index contributed by atoms with van der Waals surface area (Å²) < 4.78 is 129. The number of primary amides is 1. The molecule has 202 valence electrons. The van der Waals surface area contributed by atoms with Gasteiger partial charge in [-0.15, -0.1) is 13.2 Å². The average Bonchev–Trinajstić information content (AvgIpc) is 2.79. The normalized spacial score (nSPS) is 13.8. The first-order chi connectivity index (χ1) is 18.7. The quantitative estimate of drug-likeness (QED) is 0.345. The van der Waals surface area contributed by atoms with Crippen LogP contribution in [0.1, 0.15) is 30.5 Å². The van der Waals surface area contributed by atoms with Gasteiger partial charge in [0.15, 0.2) is 17.3 Å². The molecule has 0 aliphatic heterocycles. The number of hydrogen-bond donors (Lipinski definition) is 2. The number of alkyl halides is 6. The van der Waals surface area contributed by atoms with Crippen LogP contribution < -0.4 is 25.3 Å². The summed E-state index contributed by atoms with van der Waals surface area (Å²) in [7, 11) is -3.29. The first-order valence-corrected chi connectivity index (χ1v) is 9.72. The van der Waals surface area contributed by atoms with Gasteiger partial charge in [-0.3, -0.25) is 9.59 Å². The van der Waals surface area contributed by atoms with Crippen LogP contribution in [0.15, 0.2) is 53.7 Å². The Morgan fingerprint density at radius 1 is 1.03 bits per heavy atom. The Bertz CT molecular complexity index is 1570. The number of pyridine rings is 1. The summed E-state index contributed by atoms with van der Waals surface area (Å²) >= 11 is 0. The van der Waals surface area contributed by atoms with Crippen LogP contribution in [0.5, 0.6) is 23.0 Å². The number of rotatable bonds is 6. The van der Waals surface area contributed by atoms with Crippen molar-refractivity contribution in [3.05, 3.63) is 76.7 Å². The minimum atomic E-state index is -5.32. The van der Waals surface area contributed by atoms with E-state index in [1.807, 2.05) is 0 Å². The van der Waals surface area contributed by atoms with E-state index in [0.29, 0.717) is 24.3 Å². The predicted molar refractivity (Wildman–Crippen MR) is 111 cm³/mol. The zero-order valence-corrected chi connectivity index (χ0v) is 18.2. The van der Waals surface area contributed by atoms with Crippen LogP contribution in [-0.2, 0) is 6.18 Å². The number of benzene rings is 2. The zero-order valence-electron chi connectivity index (χ0n) is 21.2. The largest absolute Gasteiger partial charge is 0.573 e. The summed E-state index contributed by atoms with van der Waals surface area (Å²) in [5.41, 5.74) is 1.05. The third-order valence-corrected chi connectivity index (χ3v) is 4.50.